The number of halogens is 1. The van der Waals surface area contributed by atoms with Gasteiger partial charge in [-0.15, -0.1) is 10.2 Å². The zero-order valence-electron chi connectivity index (χ0n) is 15.3. The lowest BCUT2D eigenvalue weighted by atomic mass is 10.2. The minimum atomic E-state index is -0.0214. The Balaban J connectivity index is 1.62. The Morgan fingerprint density at radius 3 is 2.82 bits per heavy atom. The summed E-state index contributed by atoms with van der Waals surface area (Å²) in [5.74, 6) is 2.12. The van der Waals surface area contributed by atoms with Crippen LogP contribution in [-0.2, 0) is 6.54 Å². The van der Waals surface area contributed by atoms with Gasteiger partial charge in [0.25, 0.3) is 5.56 Å². The molecule has 0 unspecified atom stereocenters. The van der Waals surface area contributed by atoms with Crippen LogP contribution in [0.15, 0.2) is 63.0 Å². The Kier molecular flexibility index (Phi) is 5.68. The molecule has 2 aromatic heterocycles. The van der Waals surface area contributed by atoms with Gasteiger partial charge in [-0.05, 0) is 36.8 Å². The van der Waals surface area contributed by atoms with E-state index in [1.165, 1.54) is 0 Å². The largest absolute Gasteiger partial charge is 0.493 e. The minimum absolute atomic E-state index is 0.0214. The SMILES string of the molecule is CCCn1c(=O)c2ccccc2n2c(SCCOc3cccc(Br)c3)nnc12. The average molecular weight is 459 g/mol. The number of thioether (sulfide) groups is 1. The third-order valence-electron chi connectivity index (χ3n) is 4.30. The van der Waals surface area contributed by atoms with Gasteiger partial charge in [-0.1, -0.05) is 52.8 Å². The van der Waals surface area contributed by atoms with Gasteiger partial charge in [-0.25, -0.2) is 0 Å². The topological polar surface area (TPSA) is 61.4 Å². The van der Waals surface area contributed by atoms with Crippen molar-refractivity contribution in [2.75, 3.05) is 12.4 Å². The fourth-order valence-corrected chi connectivity index (χ4v) is 4.24. The highest BCUT2D eigenvalue weighted by Gasteiger charge is 2.16. The lowest BCUT2D eigenvalue weighted by molar-refractivity contribution is 0.343. The molecule has 0 aliphatic heterocycles. The molecular weight excluding hydrogens is 440 g/mol. The number of para-hydroxylation sites is 1. The van der Waals surface area contributed by atoms with Crippen LogP contribution in [0, 0.1) is 0 Å². The van der Waals surface area contributed by atoms with Crippen LogP contribution in [0.4, 0.5) is 0 Å². The maximum Gasteiger partial charge on any atom is 0.262 e. The Labute approximate surface area is 174 Å². The molecule has 0 aliphatic rings. The van der Waals surface area contributed by atoms with Crippen LogP contribution in [0.25, 0.3) is 16.7 Å². The minimum Gasteiger partial charge on any atom is -0.493 e. The van der Waals surface area contributed by atoms with Gasteiger partial charge in [-0.3, -0.25) is 13.8 Å². The third kappa shape index (κ3) is 3.66. The summed E-state index contributed by atoms with van der Waals surface area (Å²) in [7, 11) is 0. The summed E-state index contributed by atoms with van der Waals surface area (Å²) >= 11 is 5.01. The van der Waals surface area contributed by atoms with Gasteiger partial charge in [0.2, 0.25) is 5.78 Å². The van der Waals surface area contributed by atoms with Crippen LogP contribution in [0.3, 0.4) is 0 Å². The summed E-state index contributed by atoms with van der Waals surface area (Å²) in [4.78, 5) is 12.8. The molecule has 0 radical (unpaired) electrons. The fourth-order valence-electron chi connectivity index (χ4n) is 3.10. The molecule has 0 aliphatic carbocycles. The molecule has 2 heterocycles. The summed E-state index contributed by atoms with van der Waals surface area (Å²) < 4.78 is 10.5. The first kappa shape index (κ1) is 19.0. The number of aryl methyl sites for hydroxylation is 1. The van der Waals surface area contributed by atoms with E-state index in [2.05, 4.69) is 26.1 Å². The average Bonchev–Trinajstić information content (AvgIpc) is 3.12. The van der Waals surface area contributed by atoms with Gasteiger partial charge in [0.15, 0.2) is 5.16 Å². The van der Waals surface area contributed by atoms with E-state index in [4.69, 9.17) is 4.74 Å². The van der Waals surface area contributed by atoms with Crippen molar-refractivity contribution in [2.24, 2.45) is 0 Å². The summed E-state index contributed by atoms with van der Waals surface area (Å²) in [6.45, 7) is 3.20. The van der Waals surface area contributed by atoms with Crippen LogP contribution in [-0.4, -0.2) is 31.5 Å². The third-order valence-corrected chi connectivity index (χ3v) is 5.69. The first-order valence-corrected chi connectivity index (χ1v) is 10.8. The molecule has 4 rings (SSSR count). The molecule has 144 valence electrons. The zero-order valence-corrected chi connectivity index (χ0v) is 17.7. The Morgan fingerprint density at radius 2 is 2.00 bits per heavy atom. The normalized spacial score (nSPS) is 11.4. The van der Waals surface area contributed by atoms with Crippen molar-refractivity contribution in [1.29, 1.82) is 0 Å². The lowest BCUT2D eigenvalue weighted by Gasteiger charge is -2.10. The van der Waals surface area contributed by atoms with Crippen LogP contribution >= 0.6 is 27.7 Å². The molecule has 2 aromatic carbocycles. The van der Waals surface area contributed by atoms with E-state index in [0.717, 1.165) is 27.3 Å². The van der Waals surface area contributed by atoms with Gasteiger partial charge in [0, 0.05) is 16.8 Å². The molecule has 0 saturated heterocycles. The molecule has 0 spiro atoms. The Hall–Kier alpha value is -2.32. The van der Waals surface area contributed by atoms with Crippen molar-refractivity contribution in [2.45, 2.75) is 25.0 Å². The molecule has 0 amide bonds. The maximum atomic E-state index is 12.8. The van der Waals surface area contributed by atoms with Crippen molar-refractivity contribution in [3.8, 4) is 5.75 Å². The first-order valence-electron chi connectivity index (χ1n) is 9.07. The van der Waals surface area contributed by atoms with E-state index in [0.29, 0.717) is 30.1 Å². The summed E-state index contributed by atoms with van der Waals surface area (Å²) in [6.07, 6.45) is 0.851. The molecule has 0 fully saturated rings. The predicted molar refractivity (Wildman–Crippen MR) is 115 cm³/mol. The Morgan fingerprint density at radius 1 is 1.14 bits per heavy atom. The smallest absolute Gasteiger partial charge is 0.262 e. The van der Waals surface area contributed by atoms with Gasteiger partial charge in [-0.2, -0.15) is 0 Å². The standard InChI is InChI=1S/C20H19BrN4O2S/c1-2-10-24-18(26)16-8-3-4-9-17(16)25-19(24)22-23-20(25)28-12-11-27-15-7-5-6-14(21)13-15/h3-9,13H,2,10-12H2,1H3. The second-order valence-corrected chi connectivity index (χ2v) is 8.22. The van der Waals surface area contributed by atoms with E-state index in [-0.39, 0.29) is 5.56 Å². The highest BCUT2D eigenvalue weighted by molar-refractivity contribution is 9.10. The number of rotatable bonds is 7. The van der Waals surface area contributed by atoms with E-state index in [9.17, 15) is 4.79 Å². The highest BCUT2D eigenvalue weighted by Crippen LogP contribution is 2.22. The number of aromatic nitrogens is 4. The number of ether oxygens (including phenoxy) is 1. The van der Waals surface area contributed by atoms with Gasteiger partial charge >= 0.3 is 0 Å². The van der Waals surface area contributed by atoms with Crippen LogP contribution in [0.1, 0.15) is 13.3 Å². The van der Waals surface area contributed by atoms with Crippen molar-refractivity contribution in [3.05, 3.63) is 63.4 Å². The van der Waals surface area contributed by atoms with Gasteiger partial charge in [0.05, 0.1) is 17.5 Å². The molecule has 0 atom stereocenters. The summed E-state index contributed by atoms with van der Waals surface area (Å²) in [6, 6.07) is 15.4. The number of hydrogen-bond acceptors (Lipinski definition) is 5. The predicted octanol–water partition coefficient (Wildman–Crippen LogP) is 4.39. The van der Waals surface area contributed by atoms with E-state index < -0.39 is 0 Å². The summed E-state index contributed by atoms with van der Waals surface area (Å²) in [5.41, 5.74) is 0.808. The number of fused-ring (bicyclic) bond motifs is 3. The molecule has 0 bridgehead atoms. The molecule has 0 saturated carbocycles. The molecule has 6 nitrogen and oxygen atoms in total. The monoisotopic (exact) mass is 458 g/mol. The first-order chi connectivity index (χ1) is 13.7. The highest BCUT2D eigenvalue weighted by atomic mass is 79.9. The van der Waals surface area contributed by atoms with Crippen molar-refractivity contribution in [3.63, 3.8) is 0 Å². The van der Waals surface area contributed by atoms with E-state index in [1.54, 1.807) is 16.3 Å². The zero-order chi connectivity index (χ0) is 19.5. The fraction of sp³-hybridized carbons (Fsp3) is 0.250. The van der Waals surface area contributed by atoms with E-state index in [1.807, 2.05) is 59.9 Å². The molecule has 4 aromatic rings. The molecular formula is C20H19BrN4O2S. The molecule has 8 heteroatoms. The molecule has 28 heavy (non-hydrogen) atoms. The van der Waals surface area contributed by atoms with Gasteiger partial charge < -0.3 is 4.74 Å². The number of benzene rings is 2. The number of hydrogen-bond donors (Lipinski definition) is 0. The van der Waals surface area contributed by atoms with Crippen molar-refractivity contribution < 1.29 is 4.74 Å². The van der Waals surface area contributed by atoms with E-state index >= 15 is 0 Å². The second kappa shape index (κ2) is 8.36. The quantitative estimate of drug-likeness (QED) is 0.303. The lowest BCUT2D eigenvalue weighted by Crippen LogP contribution is -2.23. The van der Waals surface area contributed by atoms with Gasteiger partial charge in [0.1, 0.15) is 5.75 Å². The second-order valence-electron chi connectivity index (χ2n) is 6.25. The Bertz CT molecular complexity index is 1190. The van der Waals surface area contributed by atoms with Crippen molar-refractivity contribution >= 4 is 44.4 Å². The maximum absolute atomic E-state index is 12.8. The van der Waals surface area contributed by atoms with Crippen LogP contribution in [0.2, 0.25) is 0 Å². The summed E-state index contributed by atoms with van der Waals surface area (Å²) in [5, 5.41) is 10.1. The van der Waals surface area contributed by atoms with Crippen molar-refractivity contribution in [1.82, 2.24) is 19.2 Å². The molecule has 0 N–H and O–H groups in total. The van der Waals surface area contributed by atoms with Crippen LogP contribution < -0.4 is 10.3 Å². The number of nitrogens with zero attached hydrogens (tertiary/aromatic N) is 4. The van der Waals surface area contributed by atoms with Crippen LogP contribution in [0.5, 0.6) is 5.75 Å².